The largest absolute Gasteiger partial charge is 0.323 e. The molecule has 0 aliphatic carbocycles. The molecule has 0 atom stereocenters. The number of nitrogens with one attached hydrogen (secondary N) is 3. The number of amides is 4. The molecule has 1 spiro atoms. The highest BCUT2D eigenvalue weighted by Crippen LogP contribution is 2.25. The highest BCUT2D eigenvalue weighted by atomic mass is 16.2. The van der Waals surface area contributed by atoms with E-state index in [4.69, 9.17) is 5.26 Å². The normalized spacial score (nSPS) is 18.4. The van der Waals surface area contributed by atoms with E-state index in [0.29, 0.717) is 38.4 Å². The number of nitrogens with zero attached hydrogens (tertiary/aromatic N) is 5. The Morgan fingerprint density at radius 2 is 2.10 bits per heavy atom. The number of carbonyl (C=O) groups is 3. The van der Waals surface area contributed by atoms with E-state index < -0.39 is 11.6 Å². The van der Waals surface area contributed by atoms with E-state index in [1.807, 2.05) is 24.8 Å². The Balaban J connectivity index is 1.59. The van der Waals surface area contributed by atoms with Crippen LogP contribution in [-0.2, 0) is 16.6 Å². The number of nitriles is 1. The number of aryl methyl sites for hydroxylation is 1. The zero-order chi connectivity index (χ0) is 21.2. The predicted molar refractivity (Wildman–Crippen MR) is 103 cm³/mol. The van der Waals surface area contributed by atoms with Gasteiger partial charge >= 0.3 is 6.03 Å². The molecular formula is C18H26N8O3. The van der Waals surface area contributed by atoms with Crippen LogP contribution in [-0.4, -0.2) is 64.0 Å². The molecular weight excluding hydrogens is 376 g/mol. The van der Waals surface area contributed by atoms with Crippen LogP contribution in [0.15, 0.2) is 6.20 Å². The standard InChI is InChI=1S/C18H26N8O3/c1-12(2)9-26(17-20-13(8-19)10-24(17)3)23-14(27)11-25-6-4-18(5-7-25)15(28)21-16(29)22-18/h10,12H,4-7,9,11H2,1-3H3,(H,23,27)(H2,21,22,28,29). The number of piperidine rings is 1. The summed E-state index contributed by atoms with van der Waals surface area (Å²) in [5, 5.41) is 15.7. The Morgan fingerprint density at radius 1 is 1.41 bits per heavy atom. The van der Waals surface area contributed by atoms with Crippen LogP contribution in [0.4, 0.5) is 10.7 Å². The van der Waals surface area contributed by atoms with Crippen LogP contribution >= 0.6 is 0 Å². The third kappa shape index (κ3) is 4.48. The van der Waals surface area contributed by atoms with Crippen molar-refractivity contribution in [3.8, 4) is 6.07 Å². The lowest BCUT2D eigenvalue weighted by atomic mass is 9.88. The van der Waals surface area contributed by atoms with Crippen molar-refractivity contribution in [1.29, 1.82) is 5.26 Å². The Labute approximate surface area is 169 Å². The molecule has 2 aliphatic rings. The summed E-state index contributed by atoms with van der Waals surface area (Å²) in [5.74, 6) is 0.254. The minimum absolute atomic E-state index is 0.162. The van der Waals surface area contributed by atoms with Gasteiger partial charge in [0.05, 0.1) is 6.54 Å². The number of carbonyl (C=O) groups excluding carboxylic acids is 3. The fourth-order valence-electron chi connectivity index (χ4n) is 3.67. The van der Waals surface area contributed by atoms with Gasteiger partial charge in [-0.3, -0.25) is 30.2 Å². The number of urea groups is 1. The average Bonchev–Trinajstić information content (AvgIpc) is 3.15. The molecule has 4 amide bonds. The Kier molecular flexibility index (Phi) is 5.74. The van der Waals surface area contributed by atoms with Gasteiger partial charge in [0.2, 0.25) is 5.95 Å². The summed E-state index contributed by atoms with van der Waals surface area (Å²) in [6.45, 7) is 5.79. The van der Waals surface area contributed by atoms with Gasteiger partial charge in [0.15, 0.2) is 5.69 Å². The third-order valence-corrected chi connectivity index (χ3v) is 5.11. The van der Waals surface area contributed by atoms with Crippen LogP contribution in [0.1, 0.15) is 32.4 Å². The zero-order valence-corrected chi connectivity index (χ0v) is 16.9. The quantitative estimate of drug-likeness (QED) is 0.429. The summed E-state index contributed by atoms with van der Waals surface area (Å²) in [6, 6.07) is 1.54. The first-order valence-electron chi connectivity index (χ1n) is 9.59. The number of imide groups is 1. The molecule has 1 aromatic heterocycles. The predicted octanol–water partition coefficient (Wildman–Crippen LogP) is -0.541. The van der Waals surface area contributed by atoms with E-state index in [0.717, 1.165) is 0 Å². The van der Waals surface area contributed by atoms with Crippen molar-refractivity contribution >= 4 is 23.8 Å². The van der Waals surface area contributed by atoms with E-state index in [-0.39, 0.29) is 30.0 Å². The second-order valence-corrected chi connectivity index (χ2v) is 7.95. The fraction of sp³-hybridized carbons (Fsp3) is 0.611. The topological polar surface area (TPSA) is 135 Å². The molecule has 3 N–H and O–H groups in total. The zero-order valence-electron chi connectivity index (χ0n) is 16.9. The van der Waals surface area contributed by atoms with Crippen LogP contribution in [0, 0.1) is 17.2 Å². The summed E-state index contributed by atoms with van der Waals surface area (Å²) < 4.78 is 1.70. The molecule has 0 bridgehead atoms. The van der Waals surface area contributed by atoms with Crippen molar-refractivity contribution in [3.05, 3.63) is 11.9 Å². The highest BCUT2D eigenvalue weighted by molar-refractivity contribution is 6.07. The van der Waals surface area contributed by atoms with E-state index in [9.17, 15) is 14.4 Å². The second kappa shape index (κ2) is 8.08. The van der Waals surface area contributed by atoms with Gasteiger partial charge in [-0.2, -0.15) is 5.26 Å². The molecule has 2 fully saturated rings. The maximum atomic E-state index is 12.6. The maximum absolute atomic E-state index is 12.6. The van der Waals surface area contributed by atoms with Crippen LogP contribution in [0.5, 0.6) is 0 Å². The van der Waals surface area contributed by atoms with Gasteiger partial charge in [-0.1, -0.05) is 13.8 Å². The monoisotopic (exact) mass is 402 g/mol. The number of hydrogen-bond acceptors (Lipinski definition) is 7. The molecule has 0 radical (unpaired) electrons. The molecule has 11 heteroatoms. The van der Waals surface area contributed by atoms with E-state index in [1.54, 1.807) is 22.8 Å². The SMILES string of the molecule is CC(C)CN(NC(=O)CN1CCC2(CC1)NC(=O)NC2=O)c1nc(C#N)cn1C. The number of imidazole rings is 1. The highest BCUT2D eigenvalue weighted by Gasteiger charge is 2.47. The van der Waals surface area contributed by atoms with Crippen molar-refractivity contribution in [1.82, 2.24) is 30.5 Å². The molecule has 156 valence electrons. The van der Waals surface area contributed by atoms with Crippen molar-refractivity contribution in [2.45, 2.75) is 32.2 Å². The van der Waals surface area contributed by atoms with Gasteiger partial charge in [-0.05, 0) is 18.8 Å². The molecule has 0 saturated carbocycles. The molecule has 11 nitrogen and oxygen atoms in total. The number of hydrogen-bond donors (Lipinski definition) is 3. The van der Waals surface area contributed by atoms with E-state index >= 15 is 0 Å². The first-order valence-corrected chi connectivity index (χ1v) is 9.59. The van der Waals surface area contributed by atoms with E-state index in [1.165, 1.54) is 0 Å². The Morgan fingerprint density at radius 3 is 2.62 bits per heavy atom. The maximum Gasteiger partial charge on any atom is 0.322 e. The van der Waals surface area contributed by atoms with Gasteiger partial charge in [0, 0.05) is 32.9 Å². The van der Waals surface area contributed by atoms with Crippen LogP contribution in [0.2, 0.25) is 0 Å². The first-order chi connectivity index (χ1) is 13.7. The molecule has 3 heterocycles. The summed E-state index contributed by atoms with van der Waals surface area (Å²) >= 11 is 0. The number of aromatic nitrogens is 2. The molecule has 0 unspecified atom stereocenters. The van der Waals surface area contributed by atoms with Gasteiger partial charge < -0.3 is 9.88 Å². The number of hydrazine groups is 1. The lowest BCUT2D eigenvalue weighted by molar-refractivity contribution is -0.126. The summed E-state index contributed by atoms with van der Waals surface area (Å²) in [4.78, 5) is 42.3. The van der Waals surface area contributed by atoms with Crippen molar-refractivity contribution in [2.24, 2.45) is 13.0 Å². The van der Waals surface area contributed by atoms with Crippen molar-refractivity contribution < 1.29 is 14.4 Å². The van der Waals surface area contributed by atoms with Crippen LogP contribution < -0.4 is 21.1 Å². The molecule has 2 aliphatic heterocycles. The lowest BCUT2D eigenvalue weighted by Crippen LogP contribution is -2.56. The molecule has 2 saturated heterocycles. The van der Waals surface area contributed by atoms with E-state index in [2.05, 4.69) is 21.0 Å². The van der Waals surface area contributed by atoms with Crippen molar-refractivity contribution in [2.75, 3.05) is 31.2 Å². The summed E-state index contributed by atoms with van der Waals surface area (Å²) in [6.07, 6.45) is 2.52. The lowest BCUT2D eigenvalue weighted by Gasteiger charge is -2.37. The van der Waals surface area contributed by atoms with Gasteiger partial charge in [-0.15, -0.1) is 0 Å². The minimum Gasteiger partial charge on any atom is -0.323 e. The average molecular weight is 402 g/mol. The van der Waals surface area contributed by atoms with Gasteiger partial charge in [0.25, 0.3) is 11.8 Å². The van der Waals surface area contributed by atoms with Gasteiger partial charge in [-0.25, -0.2) is 9.78 Å². The second-order valence-electron chi connectivity index (χ2n) is 7.95. The number of likely N-dealkylation sites (tertiary alicyclic amines) is 1. The molecule has 1 aromatic rings. The smallest absolute Gasteiger partial charge is 0.322 e. The van der Waals surface area contributed by atoms with Gasteiger partial charge in [0.1, 0.15) is 11.6 Å². The molecule has 3 rings (SSSR count). The summed E-state index contributed by atoms with van der Waals surface area (Å²) in [5.41, 5.74) is 2.31. The molecule has 0 aromatic carbocycles. The number of rotatable bonds is 6. The summed E-state index contributed by atoms with van der Waals surface area (Å²) in [7, 11) is 1.77. The molecule has 29 heavy (non-hydrogen) atoms. The number of anilines is 1. The Hall–Kier alpha value is -3.13. The first kappa shape index (κ1) is 20.6. The minimum atomic E-state index is -0.853. The van der Waals surface area contributed by atoms with Crippen LogP contribution in [0.25, 0.3) is 0 Å². The van der Waals surface area contributed by atoms with Crippen molar-refractivity contribution in [3.63, 3.8) is 0 Å². The Bertz CT molecular complexity index is 848. The fourth-order valence-corrected chi connectivity index (χ4v) is 3.67. The third-order valence-electron chi connectivity index (χ3n) is 5.11. The van der Waals surface area contributed by atoms with Crippen LogP contribution in [0.3, 0.4) is 0 Å².